The molecular formula is C24H30N4O5. The summed E-state index contributed by atoms with van der Waals surface area (Å²) in [5.74, 6) is -0.616. The molecule has 0 spiro atoms. The van der Waals surface area contributed by atoms with E-state index < -0.39 is 16.4 Å². The predicted octanol–water partition coefficient (Wildman–Crippen LogP) is 4.42. The second-order valence-electron chi connectivity index (χ2n) is 9.18. The molecule has 9 nitrogen and oxygen atoms in total. The fourth-order valence-electron chi connectivity index (χ4n) is 3.96. The number of para-hydroxylation sites is 1. The van der Waals surface area contributed by atoms with Crippen molar-refractivity contribution in [2.75, 3.05) is 18.4 Å². The number of ether oxygens (including phenoxy) is 1. The SMILES string of the molecule is CC(C)(C)OC(=O)N1CCCC(c2ccc(NCc3cccc(C(N)=O)c3[N+](=O)[O-])cc2)C1. The summed E-state index contributed by atoms with van der Waals surface area (Å²) in [7, 11) is 0. The van der Waals surface area contributed by atoms with Gasteiger partial charge in [0.2, 0.25) is 0 Å². The minimum Gasteiger partial charge on any atom is -0.444 e. The van der Waals surface area contributed by atoms with Crippen LogP contribution in [0.5, 0.6) is 0 Å². The number of nitro benzene ring substituents is 1. The van der Waals surface area contributed by atoms with Gasteiger partial charge in [-0.3, -0.25) is 14.9 Å². The van der Waals surface area contributed by atoms with E-state index in [0.717, 1.165) is 24.1 Å². The molecule has 1 aliphatic rings. The molecule has 0 aromatic heterocycles. The first-order chi connectivity index (χ1) is 15.5. The third-order valence-electron chi connectivity index (χ3n) is 5.51. The number of benzene rings is 2. The molecule has 1 unspecified atom stereocenters. The Kier molecular flexibility index (Phi) is 7.20. The summed E-state index contributed by atoms with van der Waals surface area (Å²) in [6, 6.07) is 12.3. The number of nitro groups is 1. The number of nitrogens with two attached hydrogens (primary N) is 1. The van der Waals surface area contributed by atoms with Gasteiger partial charge >= 0.3 is 6.09 Å². The maximum Gasteiger partial charge on any atom is 0.410 e. The van der Waals surface area contributed by atoms with Gasteiger partial charge < -0.3 is 20.7 Å². The summed E-state index contributed by atoms with van der Waals surface area (Å²) in [4.78, 5) is 36.6. The number of hydrogen-bond donors (Lipinski definition) is 2. The number of anilines is 1. The molecule has 1 aliphatic heterocycles. The van der Waals surface area contributed by atoms with Crippen molar-refractivity contribution in [3.05, 3.63) is 69.3 Å². The second kappa shape index (κ2) is 9.89. The molecule has 9 heteroatoms. The van der Waals surface area contributed by atoms with Crippen LogP contribution in [0.2, 0.25) is 0 Å². The molecule has 1 saturated heterocycles. The Labute approximate surface area is 193 Å². The van der Waals surface area contributed by atoms with E-state index in [1.807, 2.05) is 45.0 Å². The van der Waals surface area contributed by atoms with E-state index in [4.69, 9.17) is 10.5 Å². The average Bonchev–Trinajstić information content (AvgIpc) is 2.76. The number of carbonyl (C=O) groups is 2. The van der Waals surface area contributed by atoms with E-state index in [-0.39, 0.29) is 29.8 Å². The Morgan fingerprint density at radius 3 is 2.52 bits per heavy atom. The van der Waals surface area contributed by atoms with Gasteiger partial charge in [0.1, 0.15) is 11.2 Å². The Hall–Kier alpha value is -3.62. The number of hydrogen-bond acceptors (Lipinski definition) is 6. The van der Waals surface area contributed by atoms with Gasteiger partial charge in [-0.05, 0) is 57.4 Å². The van der Waals surface area contributed by atoms with Crippen LogP contribution in [0.3, 0.4) is 0 Å². The smallest absolute Gasteiger partial charge is 0.410 e. The molecule has 0 saturated carbocycles. The first-order valence-electron chi connectivity index (χ1n) is 10.9. The second-order valence-corrected chi connectivity index (χ2v) is 9.18. The highest BCUT2D eigenvalue weighted by Gasteiger charge is 2.28. The van der Waals surface area contributed by atoms with Crippen LogP contribution < -0.4 is 11.1 Å². The number of nitrogens with one attached hydrogen (secondary N) is 1. The van der Waals surface area contributed by atoms with Gasteiger partial charge in [0.25, 0.3) is 11.6 Å². The van der Waals surface area contributed by atoms with Crippen LogP contribution in [-0.4, -0.2) is 40.5 Å². The zero-order chi connectivity index (χ0) is 24.2. The van der Waals surface area contributed by atoms with Gasteiger partial charge in [-0.25, -0.2) is 4.79 Å². The maximum atomic E-state index is 12.4. The van der Waals surface area contributed by atoms with E-state index in [1.165, 1.54) is 6.07 Å². The Morgan fingerprint density at radius 2 is 1.91 bits per heavy atom. The number of primary amides is 1. The van der Waals surface area contributed by atoms with Gasteiger partial charge in [0.05, 0.1) is 4.92 Å². The minimum absolute atomic E-state index is 0.110. The summed E-state index contributed by atoms with van der Waals surface area (Å²) in [6.07, 6.45) is 1.60. The van der Waals surface area contributed by atoms with Crippen molar-refractivity contribution in [2.24, 2.45) is 5.73 Å². The predicted molar refractivity (Wildman–Crippen MR) is 125 cm³/mol. The molecule has 2 aromatic rings. The van der Waals surface area contributed by atoms with Crippen LogP contribution in [0.1, 0.15) is 61.0 Å². The Balaban J connectivity index is 1.66. The molecular weight excluding hydrogens is 424 g/mol. The number of amides is 2. The van der Waals surface area contributed by atoms with Crippen LogP contribution in [0.4, 0.5) is 16.2 Å². The fourth-order valence-corrected chi connectivity index (χ4v) is 3.96. The average molecular weight is 455 g/mol. The first-order valence-corrected chi connectivity index (χ1v) is 10.9. The minimum atomic E-state index is -0.833. The van der Waals surface area contributed by atoms with Crippen molar-refractivity contribution in [2.45, 2.75) is 51.7 Å². The van der Waals surface area contributed by atoms with E-state index in [2.05, 4.69) is 5.32 Å². The summed E-state index contributed by atoms with van der Waals surface area (Å²) < 4.78 is 5.50. The molecule has 0 bridgehead atoms. The summed E-state index contributed by atoms with van der Waals surface area (Å²) >= 11 is 0. The monoisotopic (exact) mass is 454 g/mol. The third kappa shape index (κ3) is 6.21. The highest BCUT2D eigenvalue weighted by atomic mass is 16.6. The quantitative estimate of drug-likeness (QED) is 0.491. The van der Waals surface area contributed by atoms with Crippen molar-refractivity contribution >= 4 is 23.4 Å². The van der Waals surface area contributed by atoms with Gasteiger partial charge in [-0.1, -0.05) is 24.3 Å². The highest BCUT2D eigenvalue weighted by molar-refractivity contribution is 5.97. The van der Waals surface area contributed by atoms with Gasteiger partial charge in [-0.15, -0.1) is 0 Å². The van der Waals surface area contributed by atoms with Crippen LogP contribution in [0, 0.1) is 10.1 Å². The maximum absolute atomic E-state index is 12.4. The topological polar surface area (TPSA) is 128 Å². The van der Waals surface area contributed by atoms with Gasteiger partial charge in [-0.2, -0.15) is 0 Å². The Bertz CT molecular complexity index is 1030. The van der Waals surface area contributed by atoms with Crippen molar-refractivity contribution in [1.29, 1.82) is 0 Å². The van der Waals surface area contributed by atoms with E-state index in [9.17, 15) is 19.7 Å². The highest BCUT2D eigenvalue weighted by Crippen LogP contribution is 2.29. The number of likely N-dealkylation sites (tertiary alicyclic amines) is 1. The molecule has 2 aromatic carbocycles. The van der Waals surface area contributed by atoms with E-state index in [1.54, 1.807) is 17.0 Å². The van der Waals surface area contributed by atoms with Crippen molar-refractivity contribution in [3.63, 3.8) is 0 Å². The Morgan fingerprint density at radius 1 is 1.21 bits per heavy atom. The first kappa shape index (κ1) is 24.0. The van der Waals surface area contributed by atoms with E-state index >= 15 is 0 Å². The molecule has 2 amide bonds. The molecule has 176 valence electrons. The largest absolute Gasteiger partial charge is 0.444 e. The van der Waals surface area contributed by atoms with Crippen LogP contribution in [0.15, 0.2) is 42.5 Å². The molecule has 1 atom stereocenters. The molecule has 3 rings (SSSR count). The van der Waals surface area contributed by atoms with Crippen molar-refractivity contribution < 1.29 is 19.2 Å². The summed E-state index contributed by atoms with van der Waals surface area (Å²) in [5.41, 5.74) is 6.65. The van der Waals surface area contributed by atoms with Gasteiger partial charge in [0, 0.05) is 36.8 Å². The molecule has 0 radical (unpaired) electrons. The summed E-state index contributed by atoms with van der Waals surface area (Å²) in [5, 5.41) is 14.6. The normalized spacial score (nSPS) is 16.2. The molecule has 33 heavy (non-hydrogen) atoms. The van der Waals surface area contributed by atoms with Crippen LogP contribution >= 0.6 is 0 Å². The van der Waals surface area contributed by atoms with Crippen LogP contribution in [-0.2, 0) is 11.3 Å². The van der Waals surface area contributed by atoms with Gasteiger partial charge in [0.15, 0.2) is 0 Å². The summed E-state index contributed by atoms with van der Waals surface area (Å²) in [6.45, 7) is 7.04. The molecule has 3 N–H and O–H groups in total. The number of carbonyl (C=O) groups excluding carboxylic acids is 2. The zero-order valence-corrected chi connectivity index (χ0v) is 19.2. The lowest BCUT2D eigenvalue weighted by atomic mass is 9.90. The number of piperidine rings is 1. The van der Waals surface area contributed by atoms with Crippen LogP contribution in [0.25, 0.3) is 0 Å². The lowest BCUT2D eigenvalue weighted by Gasteiger charge is -2.34. The number of rotatable bonds is 6. The lowest BCUT2D eigenvalue weighted by molar-refractivity contribution is -0.385. The number of nitrogens with zero attached hydrogens (tertiary/aromatic N) is 2. The van der Waals surface area contributed by atoms with E-state index in [0.29, 0.717) is 18.7 Å². The fraction of sp³-hybridized carbons (Fsp3) is 0.417. The lowest BCUT2D eigenvalue weighted by Crippen LogP contribution is -2.42. The molecule has 1 heterocycles. The molecule has 0 aliphatic carbocycles. The molecule has 1 fully saturated rings. The van der Waals surface area contributed by atoms with Crippen molar-refractivity contribution in [1.82, 2.24) is 4.90 Å². The van der Waals surface area contributed by atoms with Crippen molar-refractivity contribution in [3.8, 4) is 0 Å². The third-order valence-corrected chi connectivity index (χ3v) is 5.51. The zero-order valence-electron chi connectivity index (χ0n) is 19.2. The standard InChI is InChI=1S/C24H30N4O5/c1-24(2,3)33-23(30)27-13-5-7-18(15-27)16-9-11-19(12-10-16)26-14-17-6-4-8-20(22(25)29)21(17)28(31)32/h4,6,8-12,18,26H,5,7,13-15H2,1-3H3,(H2,25,29).